The molecule has 7 heteroatoms. The minimum Gasteiger partial charge on any atom is -0.325 e. The summed E-state index contributed by atoms with van der Waals surface area (Å²) in [5.41, 5.74) is -0.401. The molecule has 0 bridgehead atoms. The van der Waals surface area contributed by atoms with Gasteiger partial charge in [-0.2, -0.15) is 13.2 Å². The number of amides is 1. The van der Waals surface area contributed by atoms with Crippen LogP contribution in [0.15, 0.2) is 41.8 Å². The molecule has 0 saturated heterocycles. The summed E-state index contributed by atoms with van der Waals surface area (Å²) in [6, 6.07) is 8.22. The molecular formula is C14H13F3N2OS. The average molecular weight is 314 g/mol. The third-order valence-electron chi connectivity index (χ3n) is 2.66. The largest absolute Gasteiger partial charge is 0.416 e. The maximum atomic E-state index is 12.4. The van der Waals surface area contributed by atoms with Gasteiger partial charge in [-0.15, -0.1) is 11.3 Å². The van der Waals surface area contributed by atoms with E-state index in [-0.39, 0.29) is 12.5 Å². The van der Waals surface area contributed by atoms with Gasteiger partial charge in [0.1, 0.15) is 0 Å². The lowest BCUT2D eigenvalue weighted by molar-refractivity contribution is -0.137. The number of hydrogen-bond acceptors (Lipinski definition) is 3. The standard InChI is InChI=1S/C14H13F3N2OS/c15-14(16,17)10-3-5-11(6-4-10)19-13(20)9-18-8-12-2-1-7-21-12/h1-7,18H,8-9H2,(H,19,20). The first-order valence-electron chi connectivity index (χ1n) is 6.15. The van der Waals surface area contributed by atoms with Gasteiger partial charge < -0.3 is 10.6 Å². The SMILES string of the molecule is O=C(CNCc1cccs1)Nc1ccc(C(F)(F)F)cc1. The third kappa shape index (κ3) is 4.87. The quantitative estimate of drug-likeness (QED) is 0.887. The van der Waals surface area contributed by atoms with E-state index in [0.29, 0.717) is 12.2 Å². The van der Waals surface area contributed by atoms with Crippen LogP contribution in [0.5, 0.6) is 0 Å². The van der Waals surface area contributed by atoms with Gasteiger partial charge in [0.15, 0.2) is 0 Å². The van der Waals surface area contributed by atoms with Gasteiger partial charge in [-0.05, 0) is 35.7 Å². The normalized spacial score (nSPS) is 11.4. The molecule has 1 amide bonds. The summed E-state index contributed by atoms with van der Waals surface area (Å²) in [7, 11) is 0. The molecule has 3 nitrogen and oxygen atoms in total. The lowest BCUT2D eigenvalue weighted by Gasteiger charge is -2.09. The molecule has 0 aliphatic rings. The molecule has 21 heavy (non-hydrogen) atoms. The first-order chi connectivity index (χ1) is 9.95. The van der Waals surface area contributed by atoms with Crippen LogP contribution in [0, 0.1) is 0 Å². The van der Waals surface area contributed by atoms with E-state index >= 15 is 0 Å². The Balaban J connectivity index is 1.79. The maximum absolute atomic E-state index is 12.4. The number of thiophene rings is 1. The molecule has 0 fully saturated rings. The number of carbonyl (C=O) groups excluding carboxylic acids is 1. The van der Waals surface area contributed by atoms with Crippen molar-refractivity contribution in [3.63, 3.8) is 0 Å². The molecule has 0 aliphatic carbocycles. The van der Waals surface area contributed by atoms with Crippen molar-refractivity contribution >= 4 is 22.9 Å². The van der Waals surface area contributed by atoms with Gasteiger partial charge in [0.2, 0.25) is 5.91 Å². The predicted molar refractivity (Wildman–Crippen MR) is 76.1 cm³/mol. The number of rotatable bonds is 5. The van der Waals surface area contributed by atoms with Crippen molar-refractivity contribution in [3.05, 3.63) is 52.2 Å². The van der Waals surface area contributed by atoms with Crippen LogP contribution in [0.25, 0.3) is 0 Å². The highest BCUT2D eigenvalue weighted by atomic mass is 32.1. The molecular weight excluding hydrogens is 301 g/mol. The fourth-order valence-electron chi connectivity index (χ4n) is 1.66. The first kappa shape index (κ1) is 15.5. The lowest BCUT2D eigenvalue weighted by atomic mass is 10.2. The van der Waals surface area contributed by atoms with E-state index < -0.39 is 11.7 Å². The van der Waals surface area contributed by atoms with Crippen LogP contribution in [0.1, 0.15) is 10.4 Å². The number of anilines is 1. The second kappa shape index (κ2) is 6.73. The number of alkyl halides is 3. The molecule has 0 atom stereocenters. The Morgan fingerprint density at radius 2 is 1.86 bits per heavy atom. The Morgan fingerprint density at radius 1 is 1.14 bits per heavy atom. The minimum atomic E-state index is -4.37. The molecule has 2 aromatic rings. The van der Waals surface area contributed by atoms with E-state index in [1.165, 1.54) is 12.1 Å². The van der Waals surface area contributed by atoms with Crippen molar-refractivity contribution in [3.8, 4) is 0 Å². The van der Waals surface area contributed by atoms with Crippen LogP contribution < -0.4 is 10.6 Å². The molecule has 0 saturated carbocycles. The fourth-order valence-corrected chi connectivity index (χ4v) is 2.33. The van der Waals surface area contributed by atoms with Crippen molar-refractivity contribution in [2.45, 2.75) is 12.7 Å². The van der Waals surface area contributed by atoms with E-state index in [9.17, 15) is 18.0 Å². The van der Waals surface area contributed by atoms with Gasteiger partial charge in [0.05, 0.1) is 12.1 Å². The summed E-state index contributed by atoms with van der Waals surface area (Å²) in [4.78, 5) is 12.7. The van der Waals surface area contributed by atoms with E-state index in [1.807, 2.05) is 17.5 Å². The second-order valence-corrected chi connectivity index (χ2v) is 5.34. The highest BCUT2D eigenvalue weighted by Gasteiger charge is 2.29. The van der Waals surface area contributed by atoms with Crippen LogP contribution in [-0.4, -0.2) is 12.5 Å². The predicted octanol–water partition coefficient (Wildman–Crippen LogP) is 3.50. The smallest absolute Gasteiger partial charge is 0.325 e. The van der Waals surface area contributed by atoms with Gasteiger partial charge in [-0.3, -0.25) is 4.79 Å². The molecule has 0 radical (unpaired) electrons. The molecule has 0 aliphatic heterocycles. The van der Waals surface area contributed by atoms with Crippen LogP contribution in [0.3, 0.4) is 0 Å². The Labute approximate surface area is 123 Å². The Kier molecular flexibility index (Phi) is 4.98. The average Bonchev–Trinajstić information content (AvgIpc) is 2.91. The summed E-state index contributed by atoms with van der Waals surface area (Å²) >= 11 is 1.58. The monoisotopic (exact) mass is 314 g/mol. The van der Waals surface area contributed by atoms with E-state index in [1.54, 1.807) is 11.3 Å². The highest BCUT2D eigenvalue weighted by Crippen LogP contribution is 2.29. The van der Waals surface area contributed by atoms with E-state index in [2.05, 4.69) is 10.6 Å². The van der Waals surface area contributed by atoms with Crippen molar-refractivity contribution in [2.75, 3.05) is 11.9 Å². The molecule has 0 spiro atoms. The Morgan fingerprint density at radius 3 is 2.43 bits per heavy atom. The maximum Gasteiger partial charge on any atom is 0.416 e. The zero-order chi connectivity index (χ0) is 15.3. The van der Waals surface area contributed by atoms with E-state index in [4.69, 9.17) is 0 Å². The van der Waals surface area contributed by atoms with Gasteiger partial charge in [0, 0.05) is 17.1 Å². The van der Waals surface area contributed by atoms with Crippen molar-refractivity contribution in [2.24, 2.45) is 0 Å². The van der Waals surface area contributed by atoms with Crippen LogP contribution in [0.4, 0.5) is 18.9 Å². The van der Waals surface area contributed by atoms with Gasteiger partial charge in [0.25, 0.3) is 0 Å². The summed E-state index contributed by atoms with van der Waals surface area (Å²) in [5, 5.41) is 7.44. The summed E-state index contributed by atoms with van der Waals surface area (Å²) in [5.74, 6) is -0.300. The number of carbonyl (C=O) groups is 1. The Hall–Kier alpha value is -1.86. The van der Waals surface area contributed by atoms with Crippen molar-refractivity contribution in [1.82, 2.24) is 5.32 Å². The lowest BCUT2D eigenvalue weighted by Crippen LogP contribution is -2.27. The van der Waals surface area contributed by atoms with Crippen molar-refractivity contribution in [1.29, 1.82) is 0 Å². The Bertz CT molecular complexity index is 579. The van der Waals surface area contributed by atoms with Gasteiger partial charge >= 0.3 is 6.18 Å². The number of hydrogen-bond donors (Lipinski definition) is 2. The zero-order valence-corrected chi connectivity index (χ0v) is 11.7. The molecule has 1 aromatic carbocycles. The van der Waals surface area contributed by atoms with Gasteiger partial charge in [-0.25, -0.2) is 0 Å². The topological polar surface area (TPSA) is 41.1 Å². The highest BCUT2D eigenvalue weighted by molar-refractivity contribution is 7.09. The zero-order valence-electron chi connectivity index (χ0n) is 10.9. The number of benzene rings is 1. The third-order valence-corrected chi connectivity index (χ3v) is 3.54. The molecule has 0 unspecified atom stereocenters. The van der Waals surface area contributed by atoms with Crippen molar-refractivity contribution < 1.29 is 18.0 Å². The fraction of sp³-hybridized carbons (Fsp3) is 0.214. The van der Waals surface area contributed by atoms with Gasteiger partial charge in [-0.1, -0.05) is 6.07 Å². The van der Waals surface area contributed by atoms with Crippen LogP contribution in [0.2, 0.25) is 0 Å². The molecule has 1 aromatic heterocycles. The minimum absolute atomic E-state index is 0.0962. The molecule has 112 valence electrons. The summed E-state index contributed by atoms with van der Waals surface area (Å²) in [6.07, 6.45) is -4.37. The van der Waals surface area contributed by atoms with Crippen LogP contribution in [-0.2, 0) is 17.5 Å². The number of nitrogens with one attached hydrogen (secondary N) is 2. The molecule has 2 N–H and O–H groups in total. The second-order valence-electron chi connectivity index (χ2n) is 4.31. The molecule has 1 heterocycles. The summed E-state index contributed by atoms with van der Waals surface area (Å²) < 4.78 is 37.2. The van der Waals surface area contributed by atoms with Crippen LogP contribution >= 0.6 is 11.3 Å². The first-order valence-corrected chi connectivity index (χ1v) is 7.03. The number of halogens is 3. The summed E-state index contributed by atoms with van der Waals surface area (Å²) in [6.45, 7) is 0.678. The molecule has 2 rings (SSSR count). The van der Waals surface area contributed by atoms with E-state index in [0.717, 1.165) is 17.0 Å².